The maximum absolute atomic E-state index is 10.6. The van der Waals surface area contributed by atoms with Crippen LogP contribution >= 0.6 is 11.6 Å². The Bertz CT molecular complexity index is 549. The van der Waals surface area contributed by atoms with Gasteiger partial charge >= 0.3 is 10.3 Å². The van der Waals surface area contributed by atoms with E-state index in [-0.39, 0.29) is 22.7 Å². The minimum Gasteiger partial charge on any atom is -0.506 e. The highest BCUT2D eigenvalue weighted by atomic mass is 35.5. The molecule has 0 bridgehead atoms. The van der Waals surface area contributed by atoms with E-state index in [1.165, 1.54) is 0 Å². The Hall–Kier alpha value is -0.820. The molecule has 0 fully saturated rings. The molecule has 0 saturated carbocycles. The molecule has 0 aliphatic carbocycles. The van der Waals surface area contributed by atoms with Crippen molar-refractivity contribution in [3.05, 3.63) is 28.3 Å². The summed E-state index contributed by atoms with van der Waals surface area (Å²) < 4.78 is 31.7. The molecule has 0 spiro atoms. The van der Waals surface area contributed by atoms with Crippen LogP contribution < -0.4 is 4.72 Å². The Morgan fingerprint density at radius 1 is 1.33 bits per heavy atom. The first-order chi connectivity index (χ1) is 8.00. The molecule has 3 N–H and O–H groups in total. The monoisotopic (exact) mass is 293 g/mol. The first kappa shape index (κ1) is 15.2. The number of nitrogens with one attached hydrogen (secondary N) is 1. The van der Waals surface area contributed by atoms with Crippen molar-refractivity contribution >= 4 is 21.9 Å². The number of rotatable bonds is 3. The lowest BCUT2D eigenvalue weighted by Crippen LogP contribution is -2.22. The van der Waals surface area contributed by atoms with Crippen LogP contribution in [0, 0.1) is 0 Å². The zero-order valence-corrected chi connectivity index (χ0v) is 11.9. The molecule has 0 atom stereocenters. The maximum Gasteiger partial charge on any atom is 0.333 e. The number of halogens is 1. The summed E-state index contributed by atoms with van der Waals surface area (Å²) in [7, 11) is -4.30. The first-order valence-corrected chi connectivity index (χ1v) is 7.06. The van der Waals surface area contributed by atoms with Gasteiger partial charge in [0.2, 0.25) is 0 Å². The molecule has 5 nitrogen and oxygen atoms in total. The van der Waals surface area contributed by atoms with Gasteiger partial charge in [0.15, 0.2) is 0 Å². The summed E-state index contributed by atoms with van der Waals surface area (Å²) in [6.45, 7) is 5.68. The van der Waals surface area contributed by atoms with E-state index in [0.717, 1.165) is 5.56 Å². The van der Waals surface area contributed by atoms with E-state index in [2.05, 4.69) is 0 Å². The molecule has 0 radical (unpaired) electrons. The quantitative estimate of drug-likeness (QED) is 0.746. The molecule has 0 aromatic heterocycles. The summed E-state index contributed by atoms with van der Waals surface area (Å²) in [6, 6.07) is 3.28. The summed E-state index contributed by atoms with van der Waals surface area (Å²) in [6.07, 6.45) is 0. The Balaban J connectivity index is 3.15. The minimum absolute atomic E-state index is 0.148. The standard InChI is InChI=1S/C11H16ClNO4S/c1-11(2,3)8-4-7(6-13-18(15,16)17)10(14)9(12)5-8/h4-5,13-14H,6H2,1-3H3,(H,15,16,17). The third-order valence-electron chi connectivity index (χ3n) is 2.45. The van der Waals surface area contributed by atoms with E-state index in [1.54, 1.807) is 12.1 Å². The average molecular weight is 294 g/mol. The molecule has 0 amide bonds. The summed E-state index contributed by atoms with van der Waals surface area (Å²) >= 11 is 5.89. The molecule has 7 heteroatoms. The molecule has 0 aliphatic heterocycles. The maximum atomic E-state index is 10.6. The lowest BCUT2D eigenvalue weighted by Gasteiger charge is -2.21. The van der Waals surface area contributed by atoms with Crippen molar-refractivity contribution in [3.63, 3.8) is 0 Å². The Kier molecular flexibility index (Phi) is 4.27. The fraction of sp³-hybridized carbons (Fsp3) is 0.455. The Morgan fingerprint density at radius 3 is 2.33 bits per heavy atom. The van der Waals surface area contributed by atoms with Crippen LogP contribution in [0.3, 0.4) is 0 Å². The molecular formula is C11H16ClNO4S. The lowest BCUT2D eigenvalue weighted by molar-refractivity contribution is 0.456. The largest absolute Gasteiger partial charge is 0.506 e. The summed E-state index contributed by atoms with van der Waals surface area (Å²) in [5, 5.41) is 9.88. The summed E-state index contributed by atoms with van der Waals surface area (Å²) in [5.74, 6) is -0.194. The molecular weight excluding hydrogens is 278 g/mol. The van der Waals surface area contributed by atoms with Crippen LogP contribution in [-0.2, 0) is 22.3 Å². The van der Waals surface area contributed by atoms with Crippen LogP contribution in [0.4, 0.5) is 0 Å². The van der Waals surface area contributed by atoms with E-state index in [9.17, 15) is 13.5 Å². The van der Waals surface area contributed by atoms with Crippen molar-refractivity contribution < 1.29 is 18.1 Å². The molecule has 0 heterocycles. The topological polar surface area (TPSA) is 86.6 Å². The minimum atomic E-state index is -4.30. The second kappa shape index (κ2) is 5.05. The van der Waals surface area contributed by atoms with E-state index >= 15 is 0 Å². The zero-order chi connectivity index (χ0) is 14.1. The van der Waals surface area contributed by atoms with Crippen molar-refractivity contribution in [2.24, 2.45) is 0 Å². The second-order valence-corrected chi connectivity index (χ2v) is 6.66. The van der Waals surface area contributed by atoms with Crippen LogP contribution in [0.15, 0.2) is 12.1 Å². The molecule has 18 heavy (non-hydrogen) atoms. The van der Waals surface area contributed by atoms with Crippen LogP contribution in [0.2, 0.25) is 5.02 Å². The highest BCUT2D eigenvalue weighted by molar-refractivity contribution is 7.83. The molecule has 1 rings (SSSR count). The third kappa shape index (κ3) is 4.13. The van der Waals surface area contributed by atoms with E-state index in [1.807, 2.05) is 25.5 Å². The smallest absolute Gasteiger partial charge is 0.333 e. The highest BCUT2D eigenvalue weighted by Crippen LogP contribution is 2.33. The van der Waals surface area contributed by atoms with Gasteiger partial charge in [-0.3, -0.25) is 4.55 Å². The van der Waals surface area contributed by atoms with Crippen LogP contribution in [0.25, 0.3) is 0 Å². The van der Waals surface area contributed by atoms with Crippen LogP contribution in [0.5, 0.6) is 5.75 Å². The highest BCUT2D eigenvalue weighted by Gasteiger charge is 2.18. The van der Waals surface area contributed by atoms with E-state index in [0.29, 0.717) is 5.56 Å². The predicted octanol–water partition coefficient (Wildman–Crippen LogP) is 2.24. The number of phenolic OH excluding ortho intramolecular Hbond substituents is 1. The van der Waals surface area contributed by atoms with Gasteiger partial charge in [0.25, 0.3) is 0 Å². The van der Waals surface area contributed by atoms with E-state index < -0.39 is 10.3 Å². The van der Waals surface area contributed by atoms with Gasteiger partial charge in [-0.15, -0.1) is 0 Å². The van der Waals surface area contributed by atoms with Crippen molar-refractivity contribution in [1.29, 1.82) is 0 Å². The van der Waals surface area contributed by atoms with Gasteiger partial charge in [0, 0.05) is 12.1 Å². The molecule has 0 aliphatic rings. The van der Waals surface area contributed by atoms with Crippen molar-refractivity contribution in [2.45, 2.75) is 32.7 Å². The van der Waals surface area contributed by atoms with Crippen molar-refractivity contribution in [1.82, 2.24) is 4.72 Å². The Morgan fingerprint density at radius 2 is 1.89 bits per heavy atom. The molecule has 1 aromatic carbocycles. The van der Waals surface area contributed by atoms with Gasteiger partial charge in [0.1, 0.15) is 5.75 Å². The van der Waals surface area contributed by atoms with Crippen molar-refractivity contribution in [2.75, 3.05) is 0 Å². The molecule has 102 valence electrons. The third-order valence-corrected chi connectivity index (χ3v) is 3.25. The van der Waals surface area contributed by atoms with E-state index in [4.69, 9.17) is 16.2 Å². The van der Waals surface area contributed by atoms with Gasteiger partial charge in [-0.1, -0.05) is 38.4 Å². The lowest BCUT2D eigenvalue weighted by atomic mass is 9.86. The molecule has 0 unspecified atom stereocenters. The fourth-order valence-corrected chi connectivity index (χ4v) is 1.97. The van der Waals surface area contributed by atoms with Gasteiger partial charge in [0.05, 0.1) is 5.02 Å². The number of benzene rings is 1. The number of hydrogen-bond acceptors (Lipinski definition) is 3. The fourth-order valence-electron chi connectivity index (χ4n) is 1.39. The first-order valence-electron chi connectivity index (χ1n) is 5.24. The number of hydrogen-bond donors (Lipinski definition) is 3. The van der Waals surface area contributed by atoms with Gasteiger partial charge in [-0.2, -0.15) is 13.1 Å². The van der Waals surface area contributed by atoms with Gasteiger partial charge < -0.3 is 5.11 Å². The van der Waals surface area contributed by atoms with Crippen LogP contribution in [0.1, 0.15) is 31.9 Å². The number of phenols is 1. The second-order valence-electron chi connectivity index (χ2n) is 5.01. The molecule has 0 saturated heterocycles. The normalized spacial score (nSPS) is 12.7. The molecule has 1 aromatic rings. The van der Waals surface area contributed by atoms with Gasteiger partial charge in [-0.05, 0) is 17.0 Å². The van der Waals surface area contributed by atoms with Crippen LogP contribution in [-0.4, -0.2) is 18.1 Å². The number of aromatic hydroxyl groups is 1. The SMILES string of the molecule is CC(C)(C)c1cc(Cl)c(O)c(CNS(=O)(=O)O)c1. The van der Waals surface area contributed by atoms with Gasteiger partial charge in [-0.25, -0.2) is 0 Å². The summed E-state index contributed by atoms with van der Waals surface area (Å²) in [4.78, 5) is 0. The summed E-state index contributed by atoms with van der Waals surface area (Å²) in [5.41, 5.74) is 0.979. The predicted molar refractivity (Wildman–Crippen MR) is 70.2 cm³/mol. The average Bonchev–Trinajstić information content (AvgIpc) is 2.17. The zero-order valence-electron chi connectivity index (χ0n) is 10.4. The Labute approximate surface area is 112 Å². The van der Waals surface area contributed by atoms with Crippen molar-refractivity contribution in [3.8, 4) is 5.75 Å².